The van der Waals surface area contributed by atoms with Crippen molar-refractivity contribution in [2.75, 3.05) is 50.7 Å². The van der Waals surface area contributed by atoms with Crippen molar-refractivity contribution in [2.24, 2.45) is 0 Å². The molecule has 113 heavy (non-hydrogen) atoms. The van der Waals surface area contributed by atoms with Crippen LogP contribution in [0, 0.1) is 0 Å². The number of aromatic nitrogens is 1. The van der Waals surface area contributed by atoms with Crippen molar-refractivity contribution in [3.8, 4) is 0 Å². The second-order valence-electron chi connectivity index (χ2n) is 31.8. The van der Waals surface area contributed by atoms with E-state index in [9.17, 15) is 38.4 Å². The number of carbonyl (C=O) groups excluding carboxylic acids is 8. The summed E-state index contributed by atoms with van der Waals surface area (Å²) in [7, 11) is 0. The fraction of sp³-hybridized carbons (Fsp3) is 0.731. The Bertz CT molecular complexity index is 3100. The Balaban J connectivity index is 1.19. The number of thioether (sulfide) groups is 1. The van der Waals surface area contributed by atoms with E-state index in [1.54, 1.807) is 23.1 Å². The van der Waals surface area contributed by atoms with E-state index in [2.05, 4.69) is 146 Å². The molecule has 1 aliphatic heterocycles. The lowest BCUT2D eigenvalue weighted by Gasteiger charge is -2.20. The molecule has 2 unspecified atom stereocenters. The van der Waals surface area contributed by atoms with Gasteiger partial charge in [0, 0.05) is 108 Å². The molecule has 0 spiro atoms. The van der Waals surface area contributed by atoms with Gasteiger partial charge in [-0.25, -0.2) is 0 Å². The Labute approximate surface area is 693 Å². The zero-order valence-corrected chi connectivity index (χ0v) is 73.0. The van der Waals surface area contributed by atoms with E-state index in [0.717, 1.165) is 113 Å². The predicted molar refractivity (Wildman–Crippen MR) is 473 cm³/mol. The normalized spacial score (nSPS) is 12.8. The summed E-state index contributed by atoms with van der Waals surface area (Å²) >= 11 is 3.51. The smallest absolute Gasteiger partial charge is 0.262 e. The molecule has 3 aromatic rings. The molecule has 638 valence electrons. The third kappa shape index (κ3) is 49.4. The first-order valence-electron chi connectivity index (χ1n) is 45.9. The molecule has 2 atom stereocenters. The van der Waals surface area contributed by atoms with Gasteiger partial charge < -0.3 is 47.4 Å². The number of nitrogens with one attached hydrogen (secondary N) is 8. The molecule has 0 radical (unpaired) electrons. The van der Waals surface area contributed by atoms with E-state index < -0.39 is 12.1 Å². The highest BCUT2D eigenvalue weighted by Crippen LogP contribution is 2.46. The number of allylic oxidation sites excluding steroid dienone is 2. The van der Waals surface area contributed by atoms with E-state index in [1.165, 1.54) is 213 Å². The SMILES string of the molecule is CCCCCCCCCCCCNC(=O)CCC(NC(=O)CCNC(=O)CCCCCN1C(=CC=Cc2sc3ccccc3[n+]2CCCCCC(=O)NCCC(=O)NC(CCC(=O)NCCCCCCCCCCCC)C(=O)NCCCCCCCCCCCC)Sc2ccccc21)C(=O)NCCCCCCCCCCCC. The quantitative estimate of drug-likeness (QED) is 0.0196. The molecule has 20 heteroatoms. The Morgan fingerprint density at radius 1 is 0.363 bits per heavy atom. The highest BCUT2D eigenvalue weighted by Gasteiger charge is 2.27. The molecule has 1 aliphatic rings. The summed E-state index contributed by atoms with van der Waals surface area (Å²) < 4.78 is 3.57. The highest BCUT2D eigenvalue weighted by atomic mass is 32.2. The van der Waals surface area contributed by atoms with Gasteiger partial charge in [0.2, 0.25) is 52.8 Å². The van der Waals surface area contributed by atoms with Crippen LogP contribution in [0.15, 0.2) is 70.6 Å². The van der Waals surface area contributed by atoms with Gasteiger partial charge in [-0.1, -0.05) is 319 Å². The van der Waals surface area contributed by atoms with Gasteiger partial charge in [-0.05, 0) is 88.5 Å². The Kier molecular flexibility index (Phi) is 59.5. The van der Waals surface area contributed by atoms with Crippen LogP contribution in [-0.4, -0.2) is 105 Å². The maximum atomic E-state index is 13.5. The zero-order valence-electron chi connectivity index (χ0n) is 71.3. The van der Waals surface area contributed by atoms with Crippen molar-refractivity contribution in [1.82, 2.24) is 42.5 Å². The van der Waals surface area contributed by atoms with Gasteiger partial charge >= 0.3 is 0 Å². The molecule has 8 amide bonds. The number of amides is 8. The lowest BCUT2D eigenvalue weighted by atomic mass is 10.1. The number of hydrogen-bond donors (Lipinski definition) is 8. The predicted octanol–water partition coefficient (Wildman–Crippen LogP) is 20.5. The van der Waals surface area contributed by atoms with Crippen LogP contribution < -0.4 is 52.0 Å². The van der Waals surface area contributed by atoms with Crippen LogP contribution in [0.25, 0.3) is 16.3 Å². The minimum atomic E-state index is -0.839. The van der Waals surface area contributed by atoms with Crippen molar-refractivity contribution in [1.29, 1.82) is 0 Å². The molecule has 0 bridgehead atoms. The molecule has 2 aromatic carbocycles. The average molecular weight is 1610 g/mol. The van der Waals surface area contributed by atoms with Gasteiger partial charge in [0.25, 0.3) is 5.01 Å². The molecule has 0 aliphatic carbocycles. The average Bonchev–Trinajstić information content (AvgIpc) is 1.66. The third-order valence-electron chi connectivity index (χ3n) is 21.7. The molecule has 4 rings (SSSR count). The summed E-state index contributed by atoms with van der Waals surface area (Å²) in [5.41, 5.74) is 2.34. The minimum Gasteiger partial charge on any atom is -0.356 e. The molecular formula is C93H157N10O8S2+. The van der Waals surface area contributed by atoms with Crippen LogP contribution in [0.1, 0.15) is 379 Å². The van der Waals surface area contributed by atoms with E-state index in [0.29, 0.717) is 51.9 Å². The number of hydrogen-bond acceptors (Lipinski definition) is 11. The molecule has 8 N–H and O–H groups in total. The number of benzene rings is 2. The summed E-state index contributed by atoms with van der Waals surface area (Å²) in [5.74, 6) is -1.66. The van der Waals surface area contributed by atoms with Crippen LogP contribution in [0.5, 0.6) is 0 Å². The van der Waals surface area contributed by atoms with E-state index >= 15 is 0 Å². The van der Waals surface area contributed by atoms with Crippen LogP contribution in [-0.2, 0) is 44.9 Å². The summed E-state index contributed by atoms with van der Waals surface area (Å²) in [6, 6.07) is 15.2. The number of aryl methyl sites for hydroxylation is 1. The summed E-state index contributed by atoms with van der Waals surface area (Å²) in [5, 5.41) is 26.0. The Hall–Kier alpha value is -6.28. The van der Waals surface area contributed by atoms with Gasteiger partial charge in [-0.15, -0.1) is 0 Å². The Morgan fingerprint density at radius 3 is 1.15 bits per heavy atom. The second-order valence-corrected chi connectivity index (χ2v) is 33.9. The standard InChI is InChI=1S/C93H156N10O8S2/c1-5-9-13-17-21-25-29-33-37-49-70-94-86(106)66-64-78(92(110)98-72-51-39-35-31-27-23-19-15-11-7-3)100-88(108)68-74-96-84(104)60-43-41-53-76-102-80-56-45-47-58-82(80)112-90(102)62-55-63-91-103(81-57-46-48-59-83(81)113-91)77-54-42-44-61-85(105)97-75-69-89(109)101-79(93(111)99-73-52-40-36-32-28-24-20-16-12-8-4)65-67-87(107)95-71-50-38-34-30-26-22-18-14-10-6-2/h45-48,55-59,62-63,78-79H,5-44,49-54,60-61,64-77H2,1-4H3,(H7-,94,95,96,97,98,99,100,101,104,105,106,107,108,109,110,111)/p+1. The van der Waals surface area contributed by atoms with Gasteiger partial charge in [-0.3, -0.25) is 38.4 Å². The molecule has 2 heterocycles. The van der Waals surface area contributed by atoms with Crippen molar-refractivity contribution in [3.63, 3.8) is 0 Å². The van der Waals surface area contributed by atoms with Crippen molar-refractivity contribution in [2.45, 2.75) is 398 Å². The van der Waals surface area contributed by atoms with E-state index in [-0.39, 0.29) is 98.9 Å². The van der Waals surface area contributed by atoms with Crippen LogP contribution in [0.2, 0.25) is 0 Å². The zero-order chi connectivity index (χ0) is 81.1. The number of para-hydroxylation sites is 2. The number of rotatable bonds is 74. The number of carbonyl (C=O) groups is 8. The van der Waals surface area contributed by atoms with Gasteiger partial charge in [-0.2, -0.15) is 4.57 Å². The fourth-order valence-electron chi connectivity index (χ4n) is 14.7. The van der Waals surface area contributed by atoms with Gasteiger partial charge in [0.05, 0.1) is 10.7 Å². The topological polar surface area (TPSA) is 240 Å². The number of unbranched alkanes of at least 4 members (excludes halogenated alkanes) is 40. The summed E-state index contributed by atoms with van der Waals surface area (Å²) in [4.78, 5) is 109. The van der Waals surface area contributed by atoms with E-state index in [1.807, 2.05) is 0 Å². The minimum absolute atomic E-state index is 0.0308. The largest absolute Gasteiger partial charge is 0.356 e. The molecule has 1 aromatic heterocycles. The first-order valence-corrected chi connectivity index (χ1v) is 47.6. The van der Waals surface area contributed by atoms with Crippen molar-refractivity contribution < 1.29 is 42.9 Å². The monoisotopic (exact) mass is 1610 g/mol. The fourth-order valence-corrected chi connectivity index (χ4v) is 16.9. The molecular weight excluding hydrogens is 1450 g/mol. The van der Waals surface area contributed by atoms with Gasteiger partial charge in [0.1, 0.15) is 16.8 Å². The van der Waals surface area contributed by atoms with Crippen LogP contribution >= 0.6 is 23.1 Å². The van der Waals surface area contributed by atoms with Crippen LogP contribution in [0.4, 0.5) is 5.69 Å². The third-order valence-corrected chi connectivity index (χ3v) is 23.9. The lowest BCUT2D eigenvalue weighted by molar-refractivity contribution is -0.669. The molecule has 0 saturated carbocycles. The van der Waals surface area contributed by atoms with Crippen LogP contribution in [0.3, 0.4) is 0 Å². The number of thiazole rings is 1. The first-order chi connectivity index (χ1) is 55.4. The Morgan fingerprint density at radius 2 is 0.717 bits per heavy atom. The molecule has 18 nitrogen and oxygen atoms in total. The molecule has 0 saturated heterocycles. The van der Waals surface area contributed by atoms with E-state index in [4.69, 9.17) is 0 Å². The van der Waals surface area contributed by atoms with Crippen molar-refractivity contribution in [3.05, 3.63) is 70.7 Å². The van der Waals surface area contributed by atoms with Gasteiger partial charge in [0.15, 0.2) is 6.54 Å². The lowest BCUT2D eigenvalue weighted by Crippen LogP contribution is -2.48. The maximum Gasteiger partial charge on any atom is 0.262 e. The van der Waals surface area contributed by atoms with Crippen molar-refractivity contribution >= 4 is 92.3 Å². The maximum absolute atomic E-state index is 13.5. The second kappa shape index (κ2) is 67.8. The highest BCUT2D eigenvalue weighted by molar-refractivity contribution is 8.03. The molecule has 0 fully saturated rings. The summed E-state index contributed by atoms with van der Waals surface area (Å²) in [6.45, 7) is 13.1. The number of anilines is 1. The number of nitrogens with zero attached hydrogens (tertiary/aromatic N) is 2. The first kappa shape index (κ1) is 99.1. The summed E-state index contributed by atoms with van der Waals surface area (Å²) in [6.07, 6.45) is 61.2. The number of fused-ring (bicyclic) bond motifs is 2.